The van der Waals surface area contributed by atoms with E-state index in [1.807, 2.05) is 32.0 Å². The Morgan fingerprint density at radius 2 is 2.00 bits per heavy atom. The maximum Gasteiger partial charge on any atom is 0.236 e. The number of ether oxygens (including phenoxy) is 2. The minimum Gasteiger partial charge on any atom is -0.493 e. The summed E-state index contributed by atoms with van der Waals surface area (Å²) in [7, 11) is 3.18. The van der Waals surface area contributed by atoms with Gasteiger partial charge >= 0.3 is 0 Å². The van der Waals surface area contributed by atoms with Crippen molar-refractivity contribution in [2.24, 2.45) is 0 Å². The average Bonchev–Trinajstić information content (AvgIpc) is 2.87. The molecule has 24 heavy (non-hydrogen) atoms. The molecule has 0 bridgehead atoms. The van der Waals surface area contributed by atoms with Crippen LogP contribution in [0.5, 0.6) is 11.5 Å². The highest BCUT2D eigenvalue weighted by Gasteiger charge is 2.38. The summed E-state index contributed by atoms with van der Waals surface area (Å²) in [4.78, 5) is 25.9. The molecule has 1 aromatic carbocycles. The van der Waals surface area contributed by atoms with Gasteiger partial charge in [-0.2, -0.15) is 0 Å². The van der Waals surface area contributed by atoms with Gasteiger partial charge in [0.1, 0.15) is 5.37 Å². The maximum atomic E-state index is 12.5. The molecular weight excluding hydrogens is 328 g/mol. The second-order valence-electron chi connectivity index (χ2n) is 5.48. The van der Waals surface area contributed by atoms with E-state index in [0.717, 1.165) is 5.56 Å². The predicted molar refractivity (Wildman–Crippen MR) is 94.4 cm³/mol. The molecule has 2 amide bonds. The normalized spacial score (nSPS) is 20.2. The van der Waals surface area contributed by atoms with E-state index in [1.54, 1.807) is 30.9 Å². The fourth-order valence-electron chi connectivity index (χ4n) is 2.67. The lowest BCUT2D eigenvalue weighted by Gasteiger charge is -2.24. The van der Waals surface area contributed by atoms with E-state index < -0.39 is 0 Å². The molecule has 1 fully saturated rings. The van der Waals surface area contributed by atoms with Crippen molar-refractivity contribution in [2.45, 2.75) is 30.9 Å². The number of amides is 2. The van der Waals surface area contributed by atoms with Gasteiger partial charge in [-0.3, -0.25) is 9.59 Å². The van der Waals surface area contributed by atoms with Gasteiger partial charge in [0.05, 0.1) is 19.5 Å². The molecule has 0 aliphatic carbocycles. The van der Waals surface area contributed by atoms with Crippen LogP contribution in [-0.4, -0.2) is 49.3 Å². The number of methoxy groups -OCH3 is 2. The summed E-state index contributed by atoms with van der Waals surface area (Å²) < 4.78 is 10.6. The Kier molecular flexibility index (Phi) is 6.36. The largest absolute Gasteiger partial charge is 0.493 e. The Morgan fingerprint density at radius 3 is 2.62 bits per heavy atom. The molecule has 1 aliphatic heterocycles. The van der Waals surface area contributed by atoms with Crippen molar-refractivity contribution < 1.29 is 19.1 Å². The van der Waals surface area contributed by atoms with E-state index in [2.05, 4.69) is 5.32 Å². The van der Waals surface area contributed by atoms with E-state index in [4.69, 9.17) is 9.47 Å². The summed E-state index contributed by atoms with van der Waals surface area (Å²) in [6.07, 6.45) is 0.302. The number of thioether (sulfide) groups is 1. The van der Waals surface area contributed by atoms with Gasteiger partial charge in [-0.15, -0.1) is 11.8 Å². The molecule has 0 saturated carbocycles. The number of carbonyl (C=O) groups excluding carboxylic acids is 2. The molecule has 0 unspecified atom stereocenters. The van der Waals surface area contributed by atoms with Crippen LogP contribution in [0.2, 0.25) is 0 Å². The lowest BCUT2D eigenvalue weighted by molar-refractivity contribution is -0.130. The second-order valence-corrected chi connectivity index (χ2v) is 6.91. The number of nitrogens with one attached hydrogen (secondary N) is 1. The first-order valence-electron chi connectivity index (χ1n) is 7.96. The molecule has 1 saturated heterocycles. The smallest absolute Gasteiger partial charge is 0.236 e. The van der Waals surface area contributed by atoms with E-state index >= 15 is 0 Å². The van der Waals surface area contributed by atoms with E-state index in [0.29, 0.717) is 31.0 Å². The first-order chi connectivity index (χ1) is 11.5. The molecule has 1 aliphatic rings. The Hall–Kier alpha value is -1.89. The van der Waals surface area contributed by atoms with Crippen LogP contribution in [0.4, 0.5) is 0 Å². The molecular formula is C17H24N2O4S. The van der Waals surface area contributed by atoms with Crippen LogP contribution < -0.4 is 14.8 Å². The number of rotatable bonds is 7. The van der Waals surface area contributed by atoms with E-state index in [1.165, 1.54) is 0 Å². The Labute approximate surface area is 146 Å². The molecule has 0 radical (unpaired) electrons. The van der Waals surface area contributed by atoms with Gasteiger partial charge < -0.3 is 19.7 Å². The summed E-state index contributed by atoms with van der Waals surface area (Å²) in [6, 6.07) is 5.66. The Morgan fingerprint density at radius 1 is 1.29 bits per heavy atom. The predicted octanol–water partition coefficient (Wildman–Crippen LogP) is 2.19. The zero-order valence-electron chi connectivity index (χ0n) is 14.5. The topological polar surface area (TPSA) is 67.9 Å². The molecule has 0 spiro atoms. The monoisotopic (exact) mass is 352 g/mol. The minimum atomic E-state index is -0.127. The van der Waals surface area contributed by atoms with Gasteiger partial charge in [-0.25, -0.2) is 0 Å². The summed E-state index contributed by atoms with van der Waals surface area (Å²) in [6.45, 7) is 4.77. The fraction of sp³-hybridized carbons (Fsp3) is 0.529. The van der Waals surface area contributed by atoms with Gasteiger partial charge in [0.2, 0.25) is 11.8 Å². The molecule has 2 rings (SSSR count). The molecule has 1 heterocycles. The van der Waals surface area contributed by atoms with Crippen LogP contribution in [0.25, 0.3) is 0 Å². The van der Waals surface area contributed by atoms with Crippen LogP contribution in [-0.2, 0) is 9.59 Å². The first kappa shape index (κ1) is 18.4. The van der Waals surface area contributed by atoms with Crippen LogP contribution in [0.15, 0.2) is 18.2 Å². The van der Waals surface area contributed by atoms with E-state index in [-0.39, 0.29) is 22.4 Å². The highest BCUT2D eigenvalue weighted by Crippen LogP contribution is 2.44. The van der Waals surface area contributed by atoms with Crippen molar-refractivity contribution in [3.63, 3.8) is 0 Å². The summed E-state index contributed by atoms with van der Waals surface area (Å²) in [5.74, 6) is 1.30. The van der Waals surface area contributed by atoms with Crippen molar-refractivity contribution in [3.8, 4) is 11.5 Å². The number of hydrogen-bond donors (Lipinski definition) is 1. The van der Waals surface area contributed by atoms with Crippen LogP contribution in [0, 0.1) is 0 Å². The zero-order chi connectivity index (χ0) is 17.7. The second kappa shape index (κ2) is 8.28. The highest BCUT2D eigenvalue weighted by atomic mass is 32.2. The van der Waals surface area contributed by atoms with Gasteiger partial charge in [-0.1, -0.05) is 6.07 Å². The number of carbonyl (C=O) groups is 2. The lowest BCUT2D eigenvalue weighted by Crippen LogP contribution is -2.34. The van der Waals surface area contributed by atoms with Crippen LogP contribution in [0.3, 0.4) is 0 Å². The van der Waals surface area contributed by atoms with E-state index in [9.17, 15) is 9.59 Å². The van der Waals surface area contributed by atoms with Crippen molar-refractivity contribution in [3.05, 3.63) is 23.8 Å². The number of benzene rings is 1. The standard InChI is InChI=1S/C17H24N2O4S/c1-5-18-15(20)8-9-19-16(21)11(2)24-17(19)12-6-7-13(22-3)14(10-12)23-4/h6-7,10-11,17H,5,8-9H2,1-4H3,(H,18,20)/t11-,17-/m1/s1. The summed E-state index contributed by atoms with van der Waals surface area (Å²) >= 11 is 1.58. The summed E-state index contributed by atoms with van der Waals surface area (Å²) in [5, 5.41) is 2.51. The zero-order valence-corrected chi connectivity index (χ0v) is 15.3. The van der Waals surface area contributed by atoms with Crippen molar-refractivity contribution >= 4 is 23.6 Å². The van der Waals surface area contributed by atoms with Crippen molar-refractivity contribution in [1.82, 2.24) is 10.2 Å². The van der Waals surface area contributed by atoms with Crippen molar-refractivity contribution in [2.75, 3.05) is 27.3 Å². The SMILES string of the molecule is CCNC(=O)CCN1C(=O)[C@@H](C)S[C@@H]1c1ccc(OC)c(OC)c1. The Bertz CT molecular complexity index is 608. The van der Waals surface area contributed by atoms with Gasteiger partial charge in [0, 0.05) is 19.5 Å². The van der Waals surface area contributed by atoms with Gasteiger partial charge in [0.25, 0.3) is 0 Å². The third kappa shape index (κ3) is 3.95. The number of nitrogens with zero attached hydrogens (tertiary/aromatic N) is 1. The third-order valence-corrected chi connectivity index (χ3v) is 5.29. The molecule has 6 nitrogen and oxygen atoms in total. The fourth-order valence-corrected chi connectivity index (χ4v) is 3.97. The van der Waals surface area contributed by atoms with Gasteiger partial charge in [0.15, 0.2) is 11.5 Å². The number of hydrogen-bond acceptors (Lipinski definition) is 5. The highest BCUT2D eigenvalue weighted by molar-refractivity contribution is 8.01. The molecule has 132 valence electrons. The first-order valence-corrected chi connectivity index (χ1v) is 8.90. The molecule has 1 aromatic rings. The van der Waals surface area contributed by atoms with Crippen molar-refractivity contribution in [1.29, 1.82) is 0 Å². The molecule has 7 heteroatoms. The Balaban J connectivity index is 2.20. The molecule has 1 N–H and O–H groups in total. The third-order valence-electron chi connectivity index (χ3n) is 3.89. The van der Waals surface area contributed by atoms with Gasteiger partial charge in [-0.05, 0) is 31.5 Å². The summed E-state index contributed by atoms with van der Waals surface area (Å²) in [5.41, 5.74) is 0.964. The lowest BCUT2D eigenvalue weighted by atomic mass is 10.1. The van der Waals surface area contributed by atoms with Crippen LogP contribution >= 0.6 is 11.8 Å². The average molecular weight is 352 g/mol. The van der Waals surface area contributed by atoms with Crippen LogP contribution in [0.1, 0.15) is 31.2 Å². The molecule has 0 aromatic heterocycles. The maximum absolute atomic E-state index is 12.5. The molecule has 2 atom stereocenters. The minimum absolute atomic E-state index is 0.0408. The quantitative estimate of drug-likeness (QED) is 0.815.